The van der Waals surface area contributed by atoms with Crippen molar-refractivity contribution in [2.45, 2.75) is 25.1 Å². The van der Waals surface area contributed by atoms with Crippen molar-refractivity contribution >= 4 is 22.8 Å². The fourth-order valence-corrected chi connectivity index (χ4v) is 3.35. The molecule has 2 N–H and O–H groups in total. The van der Waals surface area contributed by atoms with Crippen LogP contribution >= 0.6 is 0 Å². The average Bonchev–Trinajstić information content (AvgIpc) is 3.17. The second kappa shape index (κ2) is 7.10. The molecule has 0 bridgehead atoms. The number of piperidine rings is 1. The first-order valence-electron chi connectivity index (χ1n) is 8.79. The maximum absolute atomic E-state index is 12.8. The fraction of sp³-hybridized carbons (Fsp3) is 0.333. The number of fused-ring (bicyclic) bond motifs is 1. The van der Waals surface area contributed by atoms with Gasteiger partial charge in [-0.2, -0.15) is 18.3 Å². The Morgan fingerprint density at radius 3 is 2.75 bits per heavy atom. The topological polar surface area (TPSA) is 86.8 Å². The van der Waals surface area contributed by atoms with Gasteiger partial charge in [0, 0.05) is 24.7 Å². The van der Waals surface area contributed by atoms with Crippen molar-refractivity contribution in [3.05, 3.63) is 47.9 Å². The predicted octanol–water partition coefficient (Wildman–Crippen LogP) is 2.77. The van der Waals surface area contributed by atoms with E-state index < -0.39 is 17.6 Å². The third-order valence-electron chi connectivity index (χ3n) is 4.81. The molecule has 0 aliphatic carbocycles. The number of H-pyrrole nitrogens is 1. The SMILES string of the molecule is O=C(NC1CCN(c2ncnc3[nH]ncc23)CC1)c1cccc(C(F)(F)F)c1. The lowest BCUT2D eigenvalue weighted by atomic mass is 10.0. The Hall–Kier alpha value is -3.17. The van der Waals surface area contributed by atoms with Gasteiger partial charge < -0.3 is 10.2 Å². The van der Waals surface area contributed by atoms with Crippen LogP contribution in [-0.4, -0.2) is 45.2 Å². The molecule has 1 amide bonds. The number of hydrogen-bond donors (Lipinski definition) is 2. The highest BCUT2D eigenvalue weighted by Gasteiger charge is 2.31. The van der Waals surface area contributed by atoms with E-state index in [0.29, 0.717) is 31.6 Å². The van der Waals surface area contributed by atoms with Crippen LogP contribution in [0.3, 0.4) is 0 Å². The lowest BCUT2D eigenvalue weighted by Crippen LogP contribution is -2.45. The Morgan fingerprint density at radius 2 is 2.00 bits per heavy atom. The number of carbonyl (C=O) groups excluding carboxylic acids is 1. The van der Waals surface area contributed by atoms with Gasteiger partial charge in [-0.05, 0) is 31.0 Å². The van der Waals surface area contributed by atoms with E-state index in [1.807, 2.05) is 0 Å². The Balaban J connectivity index is 1.39. The smallest absolute Gasteiger partial charge is 0.356 e. The summed E-state index contributed by atoms with van der Waals surface area (Å²) in [7, 11) is 0. The molecule has 0 radical (unpaired) electrons. The number of anilines is 1. The largest absolute Gasteiger partial charge is 0.416 e. The fourth-order valence-electron chi connectivity index (χ4n) is 3.35. The number of aromatic amines is 1. The van der Waals surface area contributed by atoms with Crippen molar-refractivity contribution in [3.63, 3.8) is 0 Å². The summed E-state index contributed by atoms with van der Waals surface area (Å²) < 4.78 is 38.5. The summed E-state index contributed by atoms with van der Waals surface area (Å²) in [5.41, 5.74) is -0.166. The van der Waals surface area contributed by atoms with Crippen molar-refractivity contribution < 1.29 is 18.0 Å². The second-order valence-corrected chi connectivity index (χ2v) is 6.64. The number of nitrogens with one attached hydrogen (secondary N) is 2. The molecule has 0 spiro atoms. The molecule has 1 aromatic carbocycles. The molecule has 4 rings (SSSR count). The molecule has 0 unspecified atom stereocenters. The summed E-state index contributed by atoms with van der Waals surface area (Å²) in [5, 5.41) is 10.4. The number of halogens is 3. The van der Waals surface area contributed by atoms with Gasteiger partial charge in [0.2, 0.25) is 0 Å². The summed E-state index contributed by atoms with van der Waals surface area (Å²) in [6.45, 7) is 1.32. The molecule has 2 aromatic heterocycles. The Kier molecular flexibility index (Phi) is 4.62. The summed E-state index contributed by atoms with van der Waals surface area (Å²) in [5.74, 6) is 0.283. The minimum absolute atomic E-state index is 0.00756. The first kappa shape index (κ1) is 18.2. The van der Waals surface area contributed by atoms with Gasteiger partial charge in [-0.25, -0.2) is 9.97 Å². The number of benzene rings is 1. The van der Waals surface area contributed by atoms with Crippen LogP contribution < -0.4 is 10.2 Å². The van der Waals surface area contributed by atoms with Crippen molar-refractivity contribution in [1.82, 2.24) is 25.5 Å². The maximum atomic E-state index is 12.8. The van der Waals surface area contributed by atoms with Crippen molar-refractivity contribution in [1.29, 1.82) is 0 Å². The number of amides is 1. The Morgan fingerprint density at radius 1 is 1.21 bits per heavy atom. The van der Waals surface area contributed by atoms with Crippen LogP contribution in [0.15, 0.2) is 36.8 Å². The molecular weight excluding hydrogens is 373 g/mol. The van der Waals surface area contributed by atoms with Crippen LogP contribution in [0.2, 0.25) is 0 Å². The summed E-state index contributed by atoms with van der Waals surface area (Å²) in [6, 6.07) is 4.34. The second-order valence-electron chi connectivity index (χ2n) is 6.64. The molecule has 28 heavy (non-hydrogen) atoms. The number of aromatic nitrogens is 4. The Bertz CT molecular complexity index is 994. The highest BCUT2D eigenvalue weighted by Crippen LogP contribution is 2.29. The standard InChI is InChI=1S/C18H17F3N6O/c19-18(20,21)12-3-1-2-11(8-12)17(28)25-13-4-6-27(7-5-13)16-14-9-24-26-15(14)22-10-23-16/h1-3,8-10,13H,4-7H2,(H,25,28)(H,22,23,24,26). The molecule has 1 aliphatic rings. The lowest BCUT2D eigenvalue weighted by Gasteiger charge is -2.33. The summed E-state index contributed by atoms with van der Waals surface area (Å²) in [4.78, 5) is 22.9. The van der Waals surface area contributed by atoms with Gasteiger partial charge in [0.1, 0.15) is 12.1 Å². The van der Waals surface area contributed by atoms with Gasteiger partial charge in [-0.1, -0.05) is 6.07 Å². The highest BCUT2D eigenvalue weighted by molar-refractivity contribution is 5.94. The number of rotatable bonds is 3. The molecule has 7 nitrogen and oxygen atoms in total. The predicted molar refractivity (Wildman–Crippen MR) is 95.8 cm³/mol. The van der Waals surface area contributed by atoms with E-state index in [4.69, 9.17) is 0 Å². The van der Waals surface area contributed by atoms with E-state index in [1.54, 1.807) is 6.20 Å². The van der Waals surface area contributed by atoms with Gasteiger partial charge in [0.15, 0.2) is 5.65 Å². The van der Waals surface area contributed by atoms with E-state index in [-0.39, 0.29) is 11.6 Å². The molecule has 10 heteroatoms. The van der Waals surface area contributed by atoms with E-state index in [1.165, 1.54) is 18.5 Å². The number of carbonyl (C=O) groups is 1. The van der Waals surface area contributed by atoms with Gasteiger partial charge in [0.25, 0.3) is 5.91 Å². The van der Waals surface area contributed by atoms with Gasteiger partial charge in [0.05, 0.1) is 17.1 Å². The third kappa shape index (κ3) is 3.62. The lowest BCUT2D eigenvalue weighted by molar-refractivity contribution is -0.137. The van der Waals surface area contributed by atoms with Gasteiger partial charge in [-0.3, -0.25) is 9.89 Å². The van der Waals surface area contributed by atoms with Gasteiger partial charge in [-0.15, -0.1) is 0 Å². The summed E-state index contributed by atoms with van der Waals surface area (Å²) in [6.07, 6.45) is -0.0107. The number of nitrogens with zero attached hydrogens (tertiary/aromatic N) is 4. The molecule has 1 fully saturated rings. The first-order valence-corrected chi connectivity index (χ1v) is 8.79. The summed E-state index contributed by atoms with van der Waals surface area (Å²) >= 11 is 0. The van der Waals surface area contributed by atoms with Gasteiger partial charge >= 0.3 is 6.18 Å². The molecule has 1 saturated heterocycles. The first-order chi connectivity index (χ1) is 13.4. The zero-order valence-electron chi connectivity index (χ0n) is 14.7. The monoisotopic (exact) mass is 390 g/mol. The number of hydrogen-bond acceptors (Lipinski definition) is 5. The van der Waals surface area contributed by atoms with Crippen LogP contribution in [0.5, 0.6) is 0 Å². The minimum atomic E-state index is -4.47. The molecule has 1 aliphatic heterocycles. The zero-order chi connectivity index (χ0) is 19.7. The van der Waals surface area contributed by atoms with Crippen LogP contribution in [0.1, 0.15) is 28.8 Å². The highest BCUT2D eigenvalue weighted by atomic mass is 19.4. The molecule has 0 atom stereocenters. The minimum Gasteiger partial charge on any atom is -0.356 e. The van der Waals surface area contributed by atoms with Crippen LogP contribution in [0.4, 0.5) is 19.0 Å². The normalized spacial score (nSPS) is 15.8. The molecule has 3 heterocycles. The van der Waals surface area contributed by atoms with Crippen LogP contribution in [0.25, 0.3) is 11.0 Å². The number of alkyl halides is 3. The van der Waals surface area contributed by atoms with Crippen LogP contribution in [0, 0.1) is 0 Å². The molecule has 146 valence electrons. The van der Waals surface area contributed by atoms with E-state index in [0.717, 1.165) is 23.3 Å². The van der Waals surface area contributed by atoms with E-state index >= 15 is 0 Å². The molecule has 0 saturated carbocycles. The van der Waals surface area contributed by atoms with Crippen molar-refractivity contribution in [3.8, 4) is 0 Å². The quantitative estimate of drug-likeness (QED) is 0.718. The Labute approximate surface area is 158 Å². The van der Waals surface area contributed by atoms with Crippen LogP contribution in [-0.2, 0) is 6.18 Å². The molecule has 3 aromatic rings. The zero-order valence-corrected chi connectivity index (χ0v) is 14.7. The van der Waals surface area contributed by atoms with Crippen molar-refractivity contribution in [2.24, 2.45) is 0 Å². The molecular formula is C18H17F3N6O. The van der Waals surface area contributed by atoms with E-state index in [9.17, 15) is 18.0 Å². The third-order valence-corrected chi connectivity index (χ3v) is 4.81. The van der Waals surface area contributed by atoms with Crippen molar-refractivity contribution in [2.75, 3.05) is 18.0 Å². The average molecular weight is 390 g/mol. The maximum Gasteiger partial charge on any atom is 0.416 e. The van der Waals surface area contributed by atoms with E-state index in [2.05, 4.69) is 30.4 Å².